The summed E-state index contributed by atoms with van der Waals surface area (Å²) < 4.78 is 13.7. The highest BCUT2D eigenvalue weighted by Gasteiger charge is 2.26. The van der Waals surface area contributed by atoms with Gasteiger partial charge < -0.3 is 14.9 Å². The lowest BCUT2D eigenvalue weighted by Gasteiger charge is -2.35. The number of nitrogens with zero attached hydrogens (tertiary/aromatic N) is 2. The highest BCUT2D eigenvalue weighted by Crippen LogP contribution is 2.16. The van der Waals surface area contributed by atoms with Crippen molar-refractivity contribution < 1.29 is 19.1 Å². The molecular formula is C18H17FN2O3. The van der Waals surface area contributed by atoms with Crippen molar-refractivity contribution in [3.63, 3.8) is 0 Å². The maximum absolute atomic E-state index is 13.7. The fourth-order valence-corrected chi connectivity index (χ4v) is 2.74. The Hall–Kier alpha value is -2.89. The van der Waals surface area contributed by atoms with Crippen LogP contribution in [0.2, 0.25) is 0 Å². The molecule has 1 aliphatic rings. The van der Waals surface area contributed by atoms with Crippen LogP contribution in [0.25, 0.3) is 0 Å². The molecule has 2 aromatic rings. The third-order valence-corrected chi connectivity index (χ3v) is 4.05. The Balaban J connectivity index is 1.65. The zero-order chi connectivity index (χ0) is 17.1. The number of carbonyl (C=O) groups excluding carboxylic acids is 2. The number of aromatic hydroxyl groups is 1. The molecule has 0 spiro atoms. The maximum atomic E-state index is 13.7. The molecule has 5 nitrogen and oxygen atoms in total. The molecule has 1 heterocycles. The molecule has 0 bridgehead atoms. The summed E-state index contributed by atoms with van der Waals surface area (Å²) in [5, 5.41) is 9.47. The quantitative estimate of drug-likeness (QED) is 0.919. The van der Waals surface area contributed by atoms with Gasteiger partial charge in [-0.05, 0) is 30.3 Å². The van der Waals surface area contributed by atoms with Crippen molar-refractivity contribution in [2.24, 2.45) is 0 Å². The molecule has 0 atom stereocenters. The van der Waals surface area contributed by atoms with Crippen molar-refractivity contribution >= 4 is 11.8 Å². The topological polar surface area (TPSA) is 60.9 Å². The van der Waals surface area contributed by atoms with E-state index in [2.05, 4.69) is 0 Å². The first-order valence-corrected chi connectivity index (χ1v) is 7.68. The highest BCUT2D eigenvalue weighted by atomic mass is 19.1. The summed E-state index contributed by atoms with van der Waals surface area (Å²) in [5.74, 6) is -1.06. The standard InChI is InChI=1S/C18H17FN2O3/c19-16-7-2-1-6-15(16)18(24)21-10-8-20(9-11-21)17(23)13-4-3-5-14(22)12-13/h1-7,12,22H,8-11H2. The molecule has 1 saturated heterocycles. The van der Waals surface area contributed by atoms with E-state index >= 15 is 0 Å². The van der Waals surface area contributed by atoms with E-state index in [4.69, 9.17) is 0 Å². The molecule has 2 aromatic carbocycles. The number of phenolic OH excluding ortho intramolecular Hbond substituents is 1. The number of rotatable bonds is 2. The van der Waals surface area contributed by atoms with Crippen LogP contribution in [-0.2, 0) is 0 Å². The molecule has 1 N–H and O–H groups in total. The highest BCUT2D eigenvalue weighted by molar-refractivity contribution is 5.96. The van der Waals surface area contributed by atoms with E-state index in [1.165, 1.54) is 30.3 Å². The molecule has 0 aliphatic carbocycles. The number of piperazine rings is 1. The number of amides is 2. The predicted molar refractivity (Wildman–Crippen MR) is 86.3 cm³/mol. The second-order valence-electron chi connectivity index (χ2n) is 5.61. The zero-order valence-corrected chi connectivity index (χ0v) is 13.0. The summed E-state index contributed by atoms with van der Waals surface area (Å²) in [7, 11) is 0. The minimum absolute atomic E-state index is 0.0363. The van der Waals surface area contributed by atoms with Crippen LogP contribution in [0.5, 0.6) is 5.75 Å². The first kappa shape index (κ1) is 16.0. The maximum Gasteiger partial charge on any atom is 0.256 e. The molecular weight excluding hydrogens is 311 g/mol. The summed E-state index contributed by atoms with van der Waals surface area (Å²) in [4.78, 5) is 27.9. The van der Waals surface area contributed by atoms with E-state index in [9.17, 15) is 19.1 Å². The molecule has 2 amide bonds. The van der Waals surface area contributed by atoms with Crippen LogP contribution in [0.15, 0.2) is 48.5 Å². The summed E-state index contributed by atoms with van der Waals surface area (Å²) in [6.45, 7) is 1.43. The summed E-state index contributed by atoms with van der Waals surface area (Å²) in [5.41, 5.74) is 0.453. The van der Waals surface area contributed by atoms with Gasteiger partial charge in [0.25, 0.3) is 11.8 Å². The molecule has 1 aliphatic heterocycles. The largest absolute Gasteiger partial charge is 0.508 e. The third kappa shape index (κ3) is 3.22. The first-order chi connectivity index (χ1) is 11.6. The molecule has 0 radical (unpaired) electrons. The Labute approximate surface area is 138 Å². The number of benzene rings is 2. The molecule has 6 heteroatoms. The summed E-state index contributed by atoms with van der Waals surface area (Å²) in [6.07, 6.45) is 0. The lowest BCUT2D eigenvalue weighted by atomic mass is 10.1. The van der Waals surface area contributed by atoms with Gasteiger partial charge in [0.1, 0.15) is 11.6 Å². The van der Waals surface area contributed by atoms with Crippen LogP contribution in [0.1, 0.15) is 20.7 Å². The second kappa shape index (κ2) is 6.70. The van der Waals surface area contributed by atoms with Crippen LogP contribution < -0.4 is 0 Å². The normalized spacial score (nSPS) is 14.5. The van der Waals surface area contributed by atoms with Gasteiger partial charge in [-0.2, -0.15) is 0 Å². The van der Waals surface area contributed by atoms with Gasteiger partial charge in [0.05, 0.1) is 5.56 Å². The van der Waals surface area contributed by atoms with Crippen molar-refractivity contribution in [1.82, 2.24) is 9.80 Å². The van der Waals surface area contributed by atoms with Gasteiger partial charge in [-0.1, -0.05) is 18.2 Å². The van der Waals surface area contributed by atoms with Crippen molar-refractivity contribution in [2.75, 3.05) is 26.2 Å². The first-order valence-electron chi connectivity index (χ1n) is 7.68. The van der Waals surface area contributed by atoms with E-state index in [0.29, 0.717) is 31.7 Å². The van der Waals surface area contributed by atoms with Crippen molar-refractivity contribution in [3.8, 4) is 5.75 Å². The number of hydrogen-bond donors (Lipinski definition) is 1. The van der Waals surface area contributed by atoms with Gasteiger partial charge >= 0.3 is 0 Å². The van der Waals surface area contributed by atoms with Gasteiger partial charge in [0.15, 0.2) is 0 Å². The number of carbonyl (C=O) groups is 2. The van der Waals surface area contributed by atoms with Gasteiger partial charge in [-0.25, -0.2) is 4.39 Å². The average Bonchev–Trinajstić information content (AvgIpc) is 2.61. The fourth-order valence-electron chi connectivity index (χ4n) is 2.74. The minimum Gasteiger partial charge on any atom is -0.508 e. The zero-order valence-electron chi connectivity index (χ0n) is 13.0. The van der Waals surface area contributed by atoms with Crippen LogP contribution in [0.3, 0.4) is 0 Å². The van der Waals surface area contributed by atoms with E-state index < -0.39 is 5.82 Å². The molecule has 0 unspecified atom stereocenters. The Kier molecular flexibility index (Phi) is 4.46. The molecule has 24 heavy (non-hydrogen) atoms. The fraction of sp³-hybridized carbons (Fsp3) is 0.222. The van der Waals surface area contributed by atoms with Crippen molar-refractivity contribution in [3.05, 3.63) is 65.5 Å². The van der Waals surface area contributed by atoms with E-state index in [-0.39, 0.29) is 23.1 Å². The summed E-state index contributed by atoms with van der Waals surface area (Å²) in [6, 6.07) is 12.0. The smallest absolute Gasteiger partial charge is 0.256 e. The Morgan fingerprint density at radius 3 is 2.12 bits per heavy atom. The van der Waals surface area contributed by atoms with Gasteiger partial charge in [0, 0.05) is 31.7 Å². The molecule has 3 rings (SSSR count). The molecule has 0 saturated carbocycles. The Morgan fingerprint density at radius 1 is 0.875 bits per heavy atom. The predicted octanol–water partition coefficient (Wildman–Crippen LogP) is 2.13. The number of phenols is 1. The van der Waals surface area contributed by atoms with Crippen molar-refractivity contribution in [2.45, 2.75) is 0 Å². The number of hydrogen-bond acceptors (Lipinski definition) is 3. The SMILES string of the molecule is O=C(c1cccc(O)c1)N1CCN(C(=O)c2ccccc2F)CC1. The molecule has 1 fully saturated rings. The third-order valence-electron chi connectivity index (χ3n) is 4.05. The van der Waals surface area contributed by atoms with Crippen LogP contribution >= 0.6 is 0 Å². The second-order valence-corrected chi connectivity index (χ2v) is 5.61. The van der Waals surface area contributed by atoms with Gasteiger partial charge in [-0.15, -0.1) is 0 Å². The monoisotopic (exact) mass is 328 g/mol. The van der Waals surface area contributed by atoms with Crippen LogP contribution in [0, 0.1) is 5.82 Å². The van der Waals surface area contributed by atoms with Crippen LogP contribution in [-0.4, -0.2) is 52.9 Å². The van der Waals surface area contributed by atoms with E-state index in [0.717, 1.165) is 0 Å². The van der Waals surface area contributed by atoms with Gasteiger partial charge in [-0.3, -0.25) is 9.59 Å². The lowest BCUT2D eigenvalue weighted by Crippen LogP contribution is -2.50. The lowest BCUT2D eigenvalue weighted by molar-refractivity contribution is 0.0532. The Morgan fingerprint density at radius 2 is 1.50 bits per heavy atom. The van der Waals surface area contributed by atoms with Crippen molar-refractivity contribution in [1.29, 1.82) is 0 Å². The molecule has 0 aromatic heterocycles. The average molecular weight is 328 g/mol. The van der Waals surface area contributed by atoms with E-state index in [1.54, 1.807) is 28.0 Å². The summed E-state index contributed by atoms with van der Waals surface area (Å²) >= 11 is 0. The van der Waals surface area contributed by atoms with Crippen LogP contribution in [0.4, 0.5) is 4.39 Å². The Bertz CT molecular complexity index is 770. The van der Waals surface area contributed by atoms with E-state index in [1.807, 2.05) is 0 Å². The van der Waals surface area contributed by atoms with Gasteiger partial charge in [0.2, 0.25) is 0 Å². The minimum atomic E-state index is -0.541. The number of halogens is 1. The molecule has 124 valence electrons.